The van der Waals surface area contributed by atoms with Gasteiger partial charge in [-0.15, -0.1) is 22.7 Å². The number of allylic oxidation sites excluding steroid dienone is 1. The van der Waals surface area contributed by atoms with Crippen LogP contribution >= 0.6 is 22.7 Å². The predicted octanol–water partition coefficient (Wildman–Crippen LogP) is 5.35. The van der Waals surface area contributed by atoms with Crippen LogP contribution in [0.1, 0.15) is 30.6 Å². The molecule has 0 atom stereocenters. The van der Waals surface area contributed by atoms with Crippen molar-refractivity contribution >= 4 is 33.9 Å². The summed E-state index contributed by atoms with van der Waals surface area (Å²) in [4.78, 5) is 8.15. The zero-order valence-electron chi connectivity index (χ0n) is 11.9. The fourth-order valence-corrected chi connectivity index (χ4v) is 4.09. The molecular weight excluding hydrogens is 284 g/mol. The van der Waals surface area contributed by atoms with Gasteiger partial charge in [0.2, 0.25) is 5.70 Å². The summed E-state index contributed by atoms with van der Waals surface area (Å²) in [7, 11) is 0. The van der Waals surface area contributed by atoms with E-state index in [0.717, 1.165) is 30.6 Å². The standard InChI is InChI=1S/C16H14N2S2/c1-9-6-13(11(3)19-9)15(8-17)16(18-5)14-7-10(2)20-12(14)4/h6-7H,1-4H3/b16-15+. The van der Waals surface area contributed by atoms with Crippen molar-refractivity contribution in [2.45, 2.75) is 27.7 Å². The molecule has 0 spiro atoms. The van der Waals surface area contributed by atoms with Gasteiger partial charge in [-0.1, -0.05) is 6.07 Å². The second-order valence-corrected chi connectivity index (χ2v) is 7.52. The molecule has 100 valence electrons. The van der Waals surface area contributed by atoms with Crippen LogP contribution in [0.3, 0.4) is 0 Å². The third-order valence-corrected chi connectivity index (χ3v) is 5.00. The molecule has 0 amide bonds. The lowest BCUT2D eigenvalue weighted by Crippen LogP contribution is -1.88. The number of nitriles is 1. The molecule has 0 aliphatic carbocycles. The Balaban J connectivity index is 2.74. The van der Waals surface area contributed by atoms with Gasteiger partial charge in [0.05, 0.1) is 18.2 Å². The lowest BCUT2D eigenvalue weighted by Gasteiger charge is -2.03. The quantitative estimate of drug-likeness (QED) is 0.542. The number of rotatable bonds is 2. The average Bonchev–Trinajstić information content (AvgIpc) is 2.88. The van der Waals surface area contributed by atoms with Crippen LogP contribution in [0.25, 0.3) is 16.1 Å². The van der Waals surface area contributed by atoms with E-state index >= 15 is 0 Å². The van der Waals surface area contributed by atoms with Crippen molar-refractivity contribution in [1.29, 1.82) is 5.26 Å². The Morgan fingerprint density at radius 3 is 1.90 bits per heavy atom. The SMILES string of the molecule is [C-]#[N+]/C(=C(\C#N)c1cc(C)sc1C)c1cc(C)sc1C. The minimum atomic E-state index is 0.468. The zero-order chi connectivity index (χ0) is 14.9. The molecule has 20 heavy (non-hydrogen) atoms. The average molecular weight is 298 g/mol. The minimum absolute atomic E-state index is 0.468. The van der Waals surface area contributed by atoms with Crippen LogP contribution in [0.5, 0.6) is 0 Å². The summed E-state index contributed by atoms with van der Waals surface area (Å²) in [6.07, 6.45) is 0. The Morgan fingerprint density at radius 2 is 1.55 bits per heavy atom. The van der Waals surface area contributed by atoms with E-state index in [-0.39, 0.29) is 0 Å². The number of hydrogen-bond acceptors (Lipinski definition) is 3. The maximum absolute atomic E-state index is 9.53. The summed E-state index contributed by atoms with van der Waals surface area (Å²) in [5.41, 5.74) is 2.74. The van der Waals surface area contributed by atoms with Gasteiger partial charge >= 0.3 is 0 Å². The van der Waals surface area contributed by atoms with E-state index in [1.807, 2.05) is 39.8 Å². The van der Waals surface area contributed by atoms with Crippen molar-refractivity contribution in [2.75, 3.05) is 0 Å². The first-order chi connectivity index (χ1) is 9.47. The van der Waals surface area contributed by atoms with Crippen molar-refractivity contribution in [3.05, 3.63) is 54.2 Å². The highest BCUT2D eigenvalue weighted by molar-refractivity contribution is 7.12. The van der Waals surface area contributed by atoms with Crippen molar-refractivity contribution in [1.82, 2.24) is 0 Å². The van der Waals surface area contributed by atoms with Crippen LogP contribution < -0.4 is 0 Å². The van der Waals surface area contributed by atoms with Crippen LogP contribution in [0, 0.1) is 45.6 Å². The number of aryl methyl sites for hydroxylation is 4. The molecule has 0 aliphatic rings. The first kappa shape index (κ1) is 14.5. The Labute approximate surface area is 127 Å². The van der Waals surface area contributed by atoms with Gasteiger partial charge in [-0.25, -0.2) is 4.85 Å². The Kier molecular flexibility index (Phi) is 4.09. The third kappa shape index (κ3) is 2.54. The smallest absolute Gasteiger partial charge is 0.213 e. The van der Waals surface area contributed by atoms with Gasteiger partial charge in [0, 0.05) is 14.6 Å². The molecule has 2 aromatic heterocycles. The van der Waals surface area contributed by atoms with E-state index < -0.39 is 0 Å². The normalized spacial score (nSPS) is 11.7. The van der Waals surface area contributed by atoms with Gasteiger partial charge < -0.3 is 0 Å². The second-order valence-electron chi connectivity index (χ2n) is 4.60. The highest BCUT2D eigenvalue weighted by Gasteiger charge is 2.18. The van der Waals surface area contributed by atoms with E-state index in [0.29, 0.717) is 11.3 Å². The van der Waals surface area contributed by atoms with Gasteiger partial charge in [0.1, 0.15) is 0 Å². The van der Waals surface area contributed by atoms with Crippen LogP contribution in [0.2, 0.25) is 0 Å². The fraction of sp³-hybridized carbons (Fsp3) is 0.250. The molecule has 0 radical (unpaired) electrons. The second kappa shape index (κ2) is 5.63. The summed E-state index contributed by atoms with van der Waals surface area (Å²) >= 11 is 3.32. The topological polar surface area (TPSA) is 28.1 Å². The van der Waals surface area contributed by atoms with Crippen LogP contribution in [0.4, 0.5) is 0 Å². The van der Waals surface area contributed by atoms with Gasteiger partial charge in [-0.2, -0.15) is 5.26 Å². The molecule has 2 heterocycles. The van der Waals surface area contributed by atoms with Crippen LogP contribution in [-0.2, 0) is 0 Å². The molecule has 0 fully saturated rings. The van der Waals surface area contributed by atoms with E-state index in [9.17, 15) is 5.26 Å². The molecular formula is C16H14N2S2. The third-order valence-electron chi connectivity index (χ3n) is 3.07. The summed E-state index contributed by atoms with van der Waals surface area (Å²) in [5, 5.41) is 9.53. The highest BCUT2D eigenvalue weighted by atomic mass is 32.1. The monoisotopic (exact) mass is 298 g/mol. The number of nitrogens with zero attached hydrogens (tertiary/aromatic N) is 2. The van der Waals surface area contributed by atoms with Crippen LogP contribution in [0.15, 0.2) is 12.1 Å². The summed E-state index contributed by atoms with van der Waals surface area (Å²) in [6, 6.07) is 6.23. The molecule has 2 aromatic rings. The van der Waals surface area contributed by atoms with E-state index in [4.69, 9.17) is 6.57 Å². The van der Waals surface area contributed by atoms with E-state index in [1.165, 1.54) is 0 Å². The Morgan fingerprint density at radius 1 is 1.05 bits per heavy atom. The summed E-state index contributed by atoms with van der Waals surface area (Å²) in [6.45, 7) is 15.5. The molecule has 2 nitrogen and oxygen atoms in total. The molecule has 0 saturated heterocycles. The summed E-state index contributed by atoms with van der Waals surface area (Å²) < 4.78 is 0. The molecule has 0 aliphatic heterocycles. The van der Waals surface area contributed by atoms with Gasteiger partial charge in [-0.3, -0.25) is 0 Å². The molecule has 0 unspecified atom stereocenters. The first-order valence-electron chi connectivity index (χ1n) is 6.14. The Bertz CT molecular complexity index is 710. The maximum atomic E-state index is 9.53. The molecule has 0 bridgehead atoms. The molecule has 0 saturated carbocycles. The van der Waals surface area contributed by atoms with Crippen molar-refractivity contribution < 1.29 is 0 Å². The maximum Gasteiger partial charge on any atom is 0.213 e. The van der Waals surface area contributed by atoms with Crippen molar-refractivity contribution in [3.8, 4) is 6.07 Å². The fourth-order valence-electron chi connectivity index (χ4n) is 2.24. The summed E-state index contributed by atoms with van der Waals surface area (Å²) in [5.74, 6) is 0. The number of thiophene rings is 2. The highest BCUT2D eigenvalue weighted by Crippen LogP contribution is 2.36. The minimum Gasteiger partial charge on any atom is -0.236 e. The molecule has 0 aromatic carbocycles. The van der Waals surface area contributed by atoms with Crippen LogP contribution in [-0.4, -0.2) is 0 Å². The van der Waals surface area contributed by atoms with Gasteiger partial charge in [-0.05, 0) is 49.8 Å². The Hall–Kier alpha value is -1.88. The van der Waals surface area contributed by atoms with E-state index in [2.05, 4.69) is 10.9 Å². The lowest BCUT2D eigenvalue weighted by molar-refractivity contribution is 1.49. The van der Waals surface area contributed by atoms with Gasteiger partial charge in [0.15, 0.2) is 0 Å². The first-order valence-corrected chi connectivity index (χ1v) is 7.78. The van der Waals surface area contributed by atoms with E-state index in [1.54, 1.807) is 22.7 Å². The zero-order valence-corrected chi connectivity index (χ0v) is 13.5. The molecule has 4 heteroatoms. The van der Waals surface area contributed by atoms with Crippen molar-refractivity contribution in [3.63, 3.8) is 0 Å². The predicted molar refractivity (Wildman–Crippen MR) is 86.6 cm³/mol. The molecule has 2 rings (SSSR count). The van der Waals surface area contributed by atoms with Crippen molar-refractivity contribution in [2.24, 2.45) is 0 Å². The lowest BCUT2D eigenvalue weighted by atomic mass is 10.0. The molecule has 0 N–H and O–H groups in total. The number of hydrogen-bond donors (Lipinski definition) is 0. The van der Waals surface area contributed by atoms with Gasteiger partial charge in [0.25, 0.3) is 0 Å². The largest absolute Gasteiger partial charge is 0.236 e.